The van der Waals surface area contributed by atoms with E-state index in [1.54, 1.807) is 0 Å². The van der Waals surface area contributed by atoms with E-state index in [0.29, 0.717) is 5.92 Å². The quantitative estimate of drug-likeness (QED) is 0.712. The van der Waals surface area contributed by atoms with Crippen LogP contribution in [0.3, 0.4) is 0 Å². The van der Waals surface area contributed by atoms with Crippen molar-refractivity contribution in [1.82, 2.24) is 25.2 Å². The van der Waals surface area contributed by atoms with Crippen molar-refractivity contribution >= 4 is 0 Å². The van der Waals surface area contributed by atoms with Gasteiger partial charge >= 0.3 is 0 Å². The van der Waals surface area contributed by atoms with Gasteiger partial charge in [0.25, 0.3) is 0 Å². The van der Waals surface area contributed by atoms with Crippen LogP contribution in [0.1, 0.15) is 39.8 Å². The first-order valence-corrected chi connectivity index (χ1v) is 7.79. The third-order valence-corrected chi connectivity index (χ3v) is 3.48. The molecular weight excluding hydrogens is 250 g/mol. The van der Waals surface area contributed by atoms with Gasteiger partial charge in [0.1, 0.15) is 0 Å². The summed E-state index contributed by atoms with van der Waals surface area (Å²) in [7, 11) is 2.17. The highest BCUT2D eigenvalue weighted by atomic mass is 15.4. The molecule has 0 saturated heterocycles. The molecule has 5 nitrogen and oxygen atoms in total. The zero-order valence-electron chi connectivity index (χ0n) is 13.8. The number of aromatic nitrogens is 3. The van der Waals surface area contributed by atoms with E-state index in [0.717, 1.165) is 44.3 Å². The fourth-order valence-corrected chi connectivity index (χ4v) is 2.04. The van der Waals surface area contributed by atoms with Crippen molar-refractivity contribution in [2.24, 2.45) is 11.8 Å². The van der Waals surface area contributed by atoms with E-state index >= 15 is 0 Å². The predicted molar refractivity (Wildman–Crippen MR) is 83.5 cm³/mol. The summed E-state index contributed by atoms with van der Waals surface area (Å²) < 4.78 is 1.94. The lowest BCUT2D eigenvalue weighted by Gasteiger charge is -2.19. The molecule has 0 saturated carbocycles. The average molecular weight is 281 g/mol. The monoisotopic (exact) mass is 281 g/mol. The SMILES string of the molecule is CCC(C)CN(C)CCn1cc(CNCC(C)C)nn1. The second-order valence-corrected chi connectivity index (χ2v) is 6.27. The van der Waals surface area contributed by atoms with Crippen LogP contribution in [0, 0.1) is 11.8 Å². The van der Waals surface area contributed by atoms with Gasteiger partial charge in [0, 0.05) is 25.8 Å². The molecule has 0 aliphatic heterocycles. The summed E-state index contributed by atoms with van der Waals surface area (Å²) >= 11 is 0. The Morgan fingerprint density at radius 3 is 2.75 bits per heavy atom. The summed E-state index contributed by atoms with van der Waals surface area (Å²) in [6, 6.07) is 0. The maximum atomic E-state index is 4.20. The van der Waals surface area contributed by atoms with Gasteiger partial charge in [-0.2, -0.15) is 0 Å². The second kappa shape index (κ2) is 9.08. The van der Waals surface area contributed by atoms with Gasteiger partial charge in [0.05, 0.1) is 12.2 Å². The van der Waals surface area contributed by atoms with Gasteiger partial charge in [-0.15, -0.1) is 5.10 Å². The highest BCUT2D eigenvalue weighted by Gasteiger charge is 2.06. The van der Waals surface area contributed by atoms with Crippen molar-refractivity contribution in [2.75, 3.05) is 26.7 Å². The van der Waals surface area contributed by atoms with Crippen LogP contribution in [0.15, 0.2) is 6.20 Å². The maximum absolute atomic E-state index is 4.20. The molecule has 1 N–H and O–H groups in total. The smallest absolute Gasteiger partial charge is 0.0964 e. The van der Waals surface area contributed by atoms with Crippen LogP contribution < -0.4 is 5.32 Å². The number of rotatable bonds is 10. The molecule has 1 heterocycles. The van der Waals surface area contributed by atoms with Crippen LogP contribution in [-0.2, 0) is 13.1 Å². The van der Waals surface area contributed by atoms with Crippen LogP contribution >= 0.6 is 0 Å². The summed E-state index contributed by atoms with van der Waals surface area (Å²) in [5.41, 5.74) is 1.02. The van der Waals surface area contributed by atoms with Crippen molar-refractivity contribution in [1.29, 1.82) is 0 Å². The number of nitrogens with zero attached hydrogens (tertiary/aromatic N) is 4. The van der Waals surface area contributed by atoms with Crippen molar-refractivity contribution in [3.63, 3.8) is 0 Å². The fraction of sp³-hybridized carbons (Fsp3) is 0.867. The van der Waals surface area contributed by atoms with Crippen molar-refractivity contribution in [3.8, 4) is 0 Å². The molecule has 0 bridgehead atoms. The predicted octanol–water partition coefficient (Wildman–Crippen LogP) is 2.00. The molecule has 0 aromatic carbocycles. The van der Waals surface area contributed by atoms with E-state index in [-0.39, 0.29) is 0 Å². The summed E-state index contributed by atoms with van der Waals surface area (Å²) in [5.74, 6) is 1.42. The molecule has 1 atom stereocenters. The van der Waals surface area contributed by atoms with E-state index < -0.39 is 0 Å². The normalized spacial score (nSPS) is 13.3. The number of nitrogens with one attached hydrogen (secondary N) is 1. The van der Waals surface area contributed by atoms with E-state index in [1.165, 1.54) is 6.42 Å². The molecule has 1 aromatic heterocycles. The second-order valence-electron chi connectivity index (χ2n) is 6.27. The summed E-state index contributed by atoms with van der Waals surface area (Å²) in [6.45, 7) is 13.8. The Morgan fingerprint density at radius 1 is 1.35 bits per heavy atom. The molecule has 20 heavy (non-hydrogen) atoms. The largest absolute Gasteiger partial charge is 0.311 e. The molecule has 0 amide bonds. The number of hydrogen-bond donors (Lipinski definition) is 1. The molecule has 1 rings (SSSR count). The first-order chi connectivity index (χ1) is 9.51. The Morgan fingerprint density at radius 2 is 2.10 bits per heavy atom. The van der Waals surface area contributed by atoms with Crippen molar-refractivity contribution in [2.45, 2.75) is 47.2 Å². The van der Waals surface area contributed by atoms with E-state index in [9.17, 15) is 0 Å². The third-order valence-electron chi connectivity index (χ3n) is 3.48. The Kier molecular flexibility index (Phi) is 7.77. The minimum Gasteiger partial charge on any atom is -0.311 e. The molecule has 1 unspecified atom stereocenters. The number of likely N-dealkylation sites (N-methyl/N-ethyl adjacent to an activating group) is 1. The van der Waals surface area contributed by atoms with Crippen LogP contribution in [-0.4, -0.2) is 46.6 Å². The Hall–Kier alpha value is -0.940. The van der Waals surface area contributed by atoms with Gasteiger partial charge in [-0.3, -0.25) is 4.68 Å². The molecule has 5 heteroatoms. The van der Waals surface area contributed by atoms with Crippen LogP contribution in [0.4, 0.5) is 0 Å². The molecule has 0 aliphatic rings. The zero-order valence-corrected chi connectivity index (χ0v) is 13.8. The van der Waals surface area contributed by atoms with Gasteiger partial charge in [-0.1, -0.05) is 39.3 Å². The molecule has 0 spiro atoms. The fourth-order valence-electron chi connectivity index (χ4n) is 2.04. The van der Waals surface area contributed by atoms with E-state index in [1.807, 2.05) is 10.9 Å². The number of hydrogen-bond acceptors (Lipinski definition) is 4. The summed E-state index contributed by atoms with van der Waals surface area (Å²) in [4.78, 5) is 2.37. The lowest BCUT2D eigenvalue weighted by molar-refractivity contribution is 0.267. The Labute approximate surface area is 123 Å². The van der Waals surface area contributed by atoms with Crippen molar-refractivity contribution in [3.05, 3.63) is 11.9 Å². The highest BCUT2D eigenvalue weighted by molar-refractivity contribution is 4.91. The van der Waals surface area contributed by atoms with Crippen molar-refractivity contribution < 1.29 is 0 Å². The van der Waals surface area contributed by atoms with Gasteiger partial charge in [0.15, 0.2) is 0 Å². The topological polar surface area (TPSA) is 46.0 Å². The van der Waals surface area contributed by atoms with Gasteiger partial charge in [0.2, 0.25) is 0 Å². The standard InChI is InChI=1S/C15H31N5/c1-6-14(4)11-19(5)7-8-20-12-15(17-18-20)10-16-9-13(2)3/h12-14,16H,6-11H2,1-5H3. The van der Waals surface area contributed by atoms with E-state index in [4.69, 9.17) is 0 Å². The first kappa shape index (κ1) is 17.1. The third kappa shape index (κ3) is 7.01. The van der Waals surface area contributed by atoms with Crippen LogP contribution in [0.5, 0.6) is 0 Å². The van der Waals surface area contributed by atoms with Gasteiger partial charge < -0.3 is 10.2 Å². The van der Waals surface area contributed by atoms with Crippen LogP contribution in [0.25, 0.3) is 0 Å². The summed E-state index contributed by atoms with van der Waals surface area (Å²) in [5, 5.41) is 11.8. The van der Waals surface area contributed by atoms with Gasteiger partial charge in [-0.05, 0) is 25.4 Å². The lowest BCUT2D eigenvalue weighted by Crippen LogP contribution is -2.28. The highest BCUT2D eigenvalue weighted by Crippen LogP contribution is 2.02. The molecular formula is C15H31N5. The summed E-state index contributed by atoms with van der Waals surface area (Å²) in [6.07, 6.45) is 3.28. The minimum absolute atomic E-state index is 0.666. The molecule has 0 fully saturated rings. The molecule has 116 valence electrons. The first-order valence-electron chi connectivity index (χ1n) is 7.79. The molecule has 0 aliphatic carbocycles. The molecule has 1 aromatic rings. The molecule has 0 radical (unpaired) electrons. The maximum Gasteiger partial charge on any atom is 0.0964 e. The average Bonchev–Trinajstić information content (AvgIpc) is 2.83. The minimum atomic E-state index is 0.666. The van der Waals surface area contributed by atoms with E-state index in [2.05, 4.69) is 55.3 Å². The van der Waals surface area contributed by atoms with Crippen LogP contribution in [0.2, 0.25) is 0 Å². The van der Waals surface area contributed by atoms with Gasteiger partial charge in [-0.25, -0.2) is 0 Å². The zero-order chi connectivity index (χ0) is 15.0. The Balaban J connectivity index is 2.26. The Bertz CT molecular complexity index is 361. The lowest BCUT2D eigenvalue weighted by atomic mass is 10.1.